The Morgan fingerprint density at radius 1 is 1.10 bits per heavy atom. The van der Waals surface area contributed by atoms with Crippen molar-refractivity contribution in [2.45, 2.75) is 6.42 Å². The lowest BCUT2D eigenvalue weighted by atomic mass is 10.1. The largest absolute Gasteiger partial charge is 0.490 e. The maximum absolute atomic E-state index is 12.8. The minimum absolute atomic E-state index is 0.0108. The smallest absolute Gasteiger partial charge is 0.261 e. The molecule has 0 spiro atoms. The predicted octanol–water partition coefficient (Wildman–Crippen LogP) is 2.71. The average Bonchev–Trinajstić information content (AvgIpc) is 2.75. The van der Waals surface area contributed by atoms with Gasteiger partial charge >= 0.3 is 0 Å². The SMILES string of the molecule is COCCOc1ccc(Br)cc1C(=O)NC(=S)Nc1ccccc1C(=O)NCCCO. The van der Waals surface area contributed by atoms with Gasteiger partial charge in [0.2, 0.25) is 0 Å². The molecule has 0 aliphatic heterocycles. The summed E-state index contributed by atoms with van der Waals surface area (Å²) in [6.45, 7) is 1.01. The van der Waals surface area contributed by atoms with Gasteiger partial charge in [0, 0.05) is 24.7 Å². The number of amides is 2. The van der Waals surface area contributed by atoms with Gasteiger partial charge in [-0.15, -0.1) is 0 Å². The summed E-state index contributed by atoms with van der Waals surface area (Å²) in [6.07, 6.45) is 0.456. The van der Waals surface area contributed by atoms with E-state index in [2.05, 4.69) is 31.9 Å². The number of nitrogens with one attached hydrogen (secondary N) is 3. The quantitative estimate of drug-likeness (QED) is 0.288. The number of aliphatic hydroxyl groups excluding tert-OH is 1. The van der Waals surface area contributed by atoms with E-state index in [1.54, 1.807) is 49.6 Å². The van der Waals surface area contributed by atoms with Crippen molar-refractivity contribution in [2.75, 3.05) is 38.8 Å². The third-order valence-electron chi connectivity index (χ3n) is 4.00. The van der Waals surface area contributed by atoms with Crippen LogP contribution in [0.1, 0.15) is 27.1 Å². The van der Waals surface area contributed by atoms with E-state index in [1.807, 2.05) is 0 Å². The Hall–Kier alpha value is -2.53. The van der Waals surface area contributed by atoms with E-state index in [1.165, 1.54) is 0 Å². The molecule has 10 heteroatoms. The molecule has 0 aromatic heterocycles. The number of anilines is 1. The lowest BCUT2D eigenvalue weighted by molar-refractivity contribution is 0.0949. The van der Waals surface area contributed by atoms with Crippen LogP contribution in [0.3, 0.4) is 0 Å². The Morgan fingerprint density at radius 3 is 2.61 bits per heavy atom. The number of para-hydroxylation sites is 1. The highest BCUT2D eigenvalue weighted by Gasteiger charge is 2.17. The Kier molecular flexibility index (Phi) is 10.4. The van der Waals surface area contributed by atoms with Crippen LogP contribution < -0.4 is 20.7 Å². The Bertz CT molecular complexity index is 926. The molecule has 0 atom stereocenters. The minimum atomic E-state index is -0.462. The fraction of sp³-hybridized carbons (Fsp3) is 0.286. The third kappa shape index (κ3) is 7.91. The molecule has 2 aromatic carbocycles. The van der Waals surface area contributed by atoms with Crippen molar-refractivity contribution >= 4 is 50.8 Å². The number of ether oxygens (including phenoxy) is 2. The number of benzene rings is 2. The second-order valence-corrected chi connectivity index (χ2v) is 7.59. The summed E-state index contributed by atoms with van der Waals surface area (Å²) in [5, 5.41) is 17.1. The Morgan fingerprint density at radius 2 is 1.87 bits per heavy atom. The maximum Gasteiger partial charge on any atom is 0.261 e. The van der Waals surface area contributed by atoms with Crippen LogP contribution in [0.2, 0.25) is 0 Å². The van der Waals surface area contributed by atoms with Gasteiger partial charge in [-0.1, -0.05) is 28.1 Å². The molecule has 0 aliphatic rings. The van der Waals surface area contributed by atoms with Crippen molar-refractivity contribution in [3.05, 3.63) is 58.1 Å². The lowest BCUT2D eigenvalue weighted by Gasteiger charge is -2.15. The Balaban J connectivity index is 2.08. The number of halogens is 1. The van der Waals surface area contributed by atoms with Crippen LogP contribution in [0.5, 0.6) is 5.75 Å². The summed E-state index contributed by atoms with van der Waals surface area (Å²) in [4.78, 5) is 25.1. The molecule has 0 heterocycles. The zero-order valence-electron chi connectivity index (χ0n) is 16.9. The van der Waals surface area contributed by atoms with Gasteiger partial charge in [-0.05, 0) is 49.0 Å². The van der Waals surface area contributed by atoms with Gasteiger partial charge in [-0.2, -0.15) is 0 Å². The molecule has 0 unspecified atom stereocenters. The van der Waals surface area contributed by atoms with Crippen LogP contribution in [0, 0.1) is 0 Å². The van der Waals surface area contributed by atoms with Crippen LogP contribution in [0.4, 0.5) is 5.69 Å². The van der Waals surface area contributed by atoms with Crippen LogP contribution in [-0.2, 0) is 4.74 Å². The van der Waals surface area contributed by atoms with Crippen molar-refractivity contribution < 1.29 is 24.2 Å². The number of hydrogen-bond acceptors (Lipinski definition) is 6. The van der Waals surface area contributed by atoms with Gasteiger partial charge in [0.25, 0.3) is 11.8 Å². The molecule has 0 bridgehead atoms. The standard InChI is InChI=1S/C21H24BrN3O5S/c1-29-11-12-30-18-8-7-14(22)13-16(18)20(28)25-21(31)24-17-6-3-2-5-15(17)19(27)23-9-4-10-26/h2-3,5-8,13,26H,4,9-12H2,1H3,(H,23,27)(H2,24,25,28,31). The average molecular weight is 510 g/mol. The van der Waals surface area contributed by atoms with E-state index >= 15 is 0 Å². The van der Waals surface area contributed by atoms with Crippen molar-refractivity contribution in [2.24, 2.45) is 0 Å². The van der Waals surface area contributed by atoms with Crippen molar-refractivity contribution in [1.82, 2.24) is 10.6 Å². The first-order valence-corrected chi connectivity index (χ1v) is 10.7. The normalized spacial score (nSPS) is 10.3. The first-order valence-electron chi connectivity index (χ1n) is 9.48. The van der Waals surface area contributed by atoms with Crippen LogP contribution in [0.25, 0.3) is 0 Å². The molecule has 31 heavy (non-hydrogen) atoms. The van der Waals surface area contributed by atoms with E-state index < -0.39 is 5.91 Å². The predicted molar refractivity (Wildman–Crippen MR) is 126 cm³/mol. The van der Waals surface area contributed by atoms with Crippen molar-refractivity contribution in [3.8, 4) is 5.75 Å². The van der Waals surface area contributed by atoms with Crippen LogP contribution in [0.15, 0.2) is 46.9 Å². The highest BCUT2D eigenvalue weighted by atomic mass is 79.9. The number of rotatable bonds is 10. The first kappa shape index (κ1) is 24.7. The van der Waals surface area contributed by atoms with Gasteiger partial charge < -0.3 is 25.2 Å². The second-order valence-electron chi connectivity index (χ2n) is 6.27. The summed E-state index contributed by atoms with van der Waals surface area (Å²) in [6, 6.07) is 11.8. The second kappa shape index (κ2) is 13.0. The highest BCUT2D eigenvalue weighted by Crippen LogP contribution is 2.23. The van der Waals surface area contributed by atoms with Gasteiger partial charge in [0.05, 0.1) is 23.4 Å². The maximum atomic E-state index is 12.8. The molecule has 0 fully saturated rings. The molecule has 2 rings (SSSR count). The highest BCUT2D eigenvalue weighted by molar-refractivity contribution is 9.10. The van der Waals surface area contributed by atoms with E-state index in [0.29, 0.717) is 53.2 Å². The lowest BCUT2D eigenvalue weighted by Crippen LogP contribution is -2.35. The molecule has 4 N–H and O–H groups in total. The molecule has 0 saturated heterocycles. The molecular formula is C21H24BrN3O5S. The van der Waals surface area contributed by atoms with E-state index in [-0.39, 0.29) is 17.6 Å². The van der Waals surface area contributed by atoms with E-state index in [9.17, 15) is 9.59 Å². The summed E-state index contributed by atoms with van der Waals surface area (Å²) >= 11 is 8.62. The van der Waals surface area contributed by atoms with Gasteiger partial charge in [0.15, 0.2) is 5.11 Å². The topological polar surface area (TPSA) is 109 Å². The van der Waals surface area contributed by atoms with E-state index in [4.69, 9.17) is 26.8 Å². The molecule has 2 amide bonds. The molecule has 8 nitrogen and oxygen atoms in total. The molecule has 0 saturated carbocycles. The number of aliphatic hydroxyl groups is 1. The van der Waals surface area contributed by atoms with E-state index in [0.717, 1.165) is 0 Å². The number of methoxy groups -OCH3 is 1. The first-order chi connectivity index (χ1) is 15.0. The fourth-order valence-electron chi connectivity index (χ4n) is 2.53. The summed E-state index contributed by atoms with van der Waals surface area (Å²) in [5.74, 6) is -0.383. The number of thiocarbonyl (C=S) groups is 1. The number of hydrogen-bond donors (Lipinski definition) is 4. The summed E-state index contributed by atoms with van der Waals surface area (Å²) in [7, 11) is 1.56. The monoisotopic (exact) mass is 509 g/mol. The molecule has 2 aromatic rings. The van der Waals surface area contributed by atoms with Crippen molar-refractivity contribution in [3.63, 3.8) is 0 Å². The zero-order chi connectivity index (χ0) is 22.6. The Labute approximate surface area is 194 Å². The minimum Gasteiger partial charge on any atom is -0.490 e. The number of carbonyl (C=O) groups is 2. The van der Waals surface area contributed by atoms with Crippen LogP contribution >= 0.6 is 28.1 Å². The fourth-order valence-corrected chi connectivity index (χ4v) is 3.09. The van der Waals surface area contributed by atoms with Gasteiger partial charge in [0.1, 0.15) is 12.4 Å². The summed E-state index contributed by atoms with van der Waals surface area (Å²) in [5.41, 5.74) is 1.10. The van der Waals surface area contributed by atoms with Crippen LogP contribution in [-0.4, -0.2) is 55.5 Å². The molecular weight excluding hydrogens is 486 g/mol. The number of carbonyl (C=O) groups excluding carboxylic acids is 2. The molecule has 0 radical (unpaired) electrons. The third-order valence-corrected chi connectivity index (χ3v) is 4.70. The zero-order valence-corrected chi connectivity index (χ0v) is 19.3. The van der Waals surface area contributed by atoms with Gasteiger partial charge in [-0.25, -0.2) is 0 Å². The summed E-state index contributed by atoms with van der Waals surface area (Å²) < 4.78 is 11.3. The van der Waals surface area contributed by atoms with Crippen molar-refractivity contribution in [1.29, 1.82) is 0 Å². The van der Waals surface area contributed by atoms with Gasteiger partial charge in [-0.3, -0.25) is 14.9 Å². The molecule has 0 aliphatic carbocycles. The molecule has 166 valence electrons.